The molecule has 0 radical (unpaired) electrons. The molecule has 2 atom stereocenters. The Morgan fingerprint density at radius 2 is 2.00 bits per heavy atom. The second-order valence-electron chi connectivity index (χ2n) is 6.62. The summed E-state index contributed by atoms with van der Waals surface area (Å²) >= 11 is 6.20. The van der Waals surface area contributed by atoms with Gasteiger partial charge in [0.05, 0.1) is 36.2 Å². The summed E-state index contributed by atoms with van der Waals surface area (Å²) in [4.78, 5) is 16.4. The first-order chi connectivity index (χ1) is 11.9. The highest BCUT2D eigenvalue weighted by Gasteiger charge is 2.49. The van der Waals surface area contributed by atoms with E-state index in [0.717, 1.165) is 19.4 Å². The summed E-state index contributed by atoms with van der Waals surface area (Å²) in [6.45, 7) is 3.07. The van der Waals surface area contributed by atoms with Crippen molar-refractivity contribution < 1.29 is 17.9 Å². The third-order valence-corrected chi connectivity index (χ3v) is 6.91. The van der Waals surface area contributed by atoms with E-state index in [2.05, 4.69) is 6.92 Å². The third-order valence-electron chi connectivity index (χ3n) is 4.91. The highest BCUT2D eigenvalue weighted by Crippen LogP contribution is 2.35. The maximum Gasteiger partial charge on any atom is 0.241 e. The number of rotatable bonds is 5. The number of piperazine rings is 1. The number of halogens is 1. The molecule has 2 heterocycles. The van der Waals surface area contributed by atoms with E-state index in [1.807, 2.05) is 4.90 Å². The van der Waals surface area contributed by atoms with Crippen LogP contribution in [0.25, 0.3) is 0 Å². The number of anilines is 1. The van der Waals surface area contributed by atoms with Gasteiger partial charge in [-0.2, -0.15) is 0 Å². The van der Waals surface area contributed by atoms with Crippen molar-refractivity contribution in [1.29, 1.82) is 0 Å². The first kappa shape index (κ1) is 18.5. The van der Waals surface area contributed by atoms with Gasteiger partial charge in [-0.05, 0) is 31.2 Å². The zero-order chi connectivity index (χ0) is 18.2. The van der Waals surface area contributed by atoms with Crippen molar-refractivity contribution in [3.8, 4) is 5.75 Å². The number of benzene rings is 1. The molecule has 8 heteroatoms. The molecular formula is C17H23ClN2O4S. The van der Waals surface area contributed by atoms with Gasteiger partial charge in [0.25, 0.3) is 0 Å². The molecule has 2 aliphatic heterocycles. The first-order valence-electron chi connectivity index (χ1n) is 8.46. The second-order valence-corrected chi connectivity index (χ2v) is 9.18. The lowest BCUT2D eigenvalue weighted by Gasteiger charge is -2.43. The summed E-state index contributed by atoms with van der Waals surface area (Å²) in [5.41, 5.74) is 0.623. The minimum absolute atomic E-state index is 0.00429. The summed E-state index contributed by atoms with van der Waals surface area (Å²) in [6.07, 6.45) is 1.96. The lowest BCUT2D eigenvalue weighted by Crippen LogP contribution is -2.62. The number of hydrogen-bond donors (Lipinski definition) is 0. The number of carbonyl (C=O) groups is 1. The van der Waals surface area contributed by atoms with Crippen LogP contribution in [-0.2, 0) is 14.6 Å². The fourth-order valence-electron chi connectivity index (χ4n) is 3.70. The molecule has 0 saturated carbocycles. The van der Waals surface area contributed by atoms with Gasteiger partial charge in [-0.1, -0.05) is 24.9 Å². The predicted octanol–water partition coefficient (Wildman–Crippen LogP) is 1.96. The summed E-state index contributed by atoms with van der Waals surface area (Å²) in [5.74, 6) is 0.538. The number of unbranched alkanes of at least 4 members (excludes halogenated alkanes) is 1. The van der Waals surface area contributed by atoms with Gasteiger partial charge < -0.3 is 9.64 Å². The zero-order valence-electron chi connectivity index (χ0n) is 14.4. The van der Waals surface area contributed by atoms with E-state index in [-0.39, 0.29) is 36.0 Å². The van der Waals surface area contributed by atoms with Gasteiger partial charge >= 0.3 is 0 Å². The lowest BCUT2D eigenvalue weighted by molar-refractivity contribution is -0.123. The fraction of sp³-hybridized carbons (Fsp3) is 0.588. The van der Waals surface area contributed by atoms with Crippen molar-refractivity contribution >= 4 is 33.0 Å². The molecule has 2 saturated heterocycles. The maximum atomic E-state index is 12.8. The average molecular weight is 387 g/mol. The van der Waals surface area contributed by atoms with Crippen molar-refractivity contribution in [3.63, 3.8) is 0 Å². The van der Waals surface area contributed by atoms with Crippen molar-refractivity contribution in [2.45, 2.75) is 31.8 Å². The quantitative estimate of drug-likeness (QED) is 0.773. The van der Waals surface area contributed by atoms with Crippen LogP contribution in [0.2, 0.25) is 5.02 Å². The van der Waals surface area contributed by atoms with Crippen LogP contribution < -0.4 is 9.64 Å². The Labute approximate surface area is 153 Å². The standard InChI is InChI=1S/C17H23ClN2O4S/c1-3-4-7-19-9-17(21)20(15-11-25(22,23)10-14(15)19)12-5-6-16(24-2)13(18)8-12/h5-6,8,14-15H,3-4,7,9-11H2,1-2H3. The van der Waals surface area contributed by atoms with Crippen LogP contribution in [0.3, 0.4) is 0 Å². The molecule has 1 aromatic carbocycles. The van der Waals surface area contributed by atoms with Crippen LogP contribution in [0.4, 0.5) is 5.69 Å². The molecule has 1 amide bonds. The zero-order valence-corrected chi connectivity index (χ0v) is 16.0. The Morgan fingerprint density at radius 1 is 1.28 bits per heavy atom. The van der Waals surface area contributed by atoms with Crippen LogP contribution in [0.15, 0.2) is 18.2 Å². The lowest BCUT2D eigenvalue weighted by atomic mass is 10.0. The van der Waals surface area contributed by atoms with Gasteiger partial charge in [0.2, 0.25) is 5.91 Å². The summed E-state index contributed by atoms with van der Waals surface area (Å²) in [5, 5.41) is 0.401. The van der Waals surface area contributed by atoms with Crippen LogP contribution in [0.5, 0.6) is 5.75 Å². The summed E-state index contributed by atoms with van der Waals surface area (Å²) in [6, 6.07) is 4.60. The minimum atomic E-state index is -3.17. The highest BCUT2D eigenvalue weighted by atomic mass is 35.5. The van der Waals surface area contributed by atoms with E-state index in [4.69, 9.17) is 16.3 Å². The van der Waals surface area contributed by atoms with Gasteiger partial charge in [0.1, 0.15) is 5.75 Å². The Hall–Kier alpha value is -1.31. The van der Waals surface area contributed by atoms with Crippen LogP contribution in [0, 0.1) is 0 Å². The Morgan fingerprint density at radius 3 is 2.64 bits per heavy atom. The molecule has 6 nitrogen and oxygen atoms in total. The number of sulfone groups is 1. The van der Waals surface area contributed by atoms with Crippen molar-refractivity contribution in [2.24, 2.45) is 0 Å². The largest absolute Gasteiger partial charge is 0.495 e. The Kier molecular flexibility index (Phi) is 5.27. The fourth-order valence-corrected chi connectivity index (χ4v) is 5.94. The van der Waals surface area contributed by atoms with Gasteiger partial charge in [0, 0.05) is 11.7 Å². The number of hydrogen-bond acceptors (Lipinski definition) is 5. The Balaban J connectivity index is 1.95. The molecule has 2 fully saturated rings. The molecule has 0 spiro atoms. The topological polar surface area (TPSA) is 66.9 Å². The molecule has 1 aromatic rings. The molecular weight excluding hydrogens is 364 g/mol. The van der Waals surface area contributed by atoms with Gasteiger partial charge in [-0.3, -0.25) is 9.69 Å². The van der Waals surface area contributed by atoms with Crippen LogP contribution in [0.1, 0.15) is 19.8 Å². The van der Waals surface area contributed by atoms with Crippen molar-refractivity contribution in [1.82, 2.24) is 4.90 Å². The normalized spacial score (nSPS) is 25.9. The van der Waals surface area contributed by atoms with Crippen molar-refractivity contribution in [2.75, 3.05) is 36.6 Å². The maximum absolute atomic E-state index is 12.8. The monoisotopic (exact) mass is 386 g/mol. The molecule has 25 heavy (non-hydrogen) atoms. The molecule has 0 aromatic heterocycles. The van der Waals surface area contributed by atoms with Crippen molar-refractivity contribution in [3.05, 3.63) is 23.2 Å². The van der Waals surface area contributed by atoms with Gasteiger partial charge in [0.15, 0.2) is 9.84 Å². The van der Waals surface area contributed by atoms with E-state index >= 15 is 0 Å². The smallest absolute Gasteiger partial charge is 0.241 e. The SMILES string of the molecule is CCCCN1CC(=O)N(c2ccc(OC)c(Cl)c2)C2CS(=O)(=O)CC21. The Bertz CT molecular complexity index is 768. The molecule has 0 bridgehead atoms. The molecule has 2 aliphatic rings. The number of methoxy groups -OCH3 is 1. The molecule has 138 valence electrons. The number of carbonyl (C=O) groups excluding carboxylic acids is 1. The highest BCUT2D eigenvalue weighted by molar-refractivity contribution is 7.91. The number of ether oxygens (including phenoxy) is 1. The first-order valence-corrected chi connectivity index (χ1v) is 10.7. The number of amides is 1. The number of nitrogens with zero attached hydrogens (tertiary/aromatic N) is 2. The van der Waals surface area contributed by atoms with E-state index < -0.39 is 9.84 Å². The van der Waals surface area contributed by atoms with E-state index in [1.54, 1.807) is 23.1 Å². The van der Waals surface area contributed by atoms with E-state index in [9.17, 15) is 13.2 Å². The van der Waals surface area contributed by atoms with Crippen LogP contribution >= 0.6 is 11.6 Å². The van der Waals surface area contributed by atoms with E-state index in [1.165, 1.54) is 7.11 Å². The van der Waals surface area contributed by atoms with Gasteiger partial charge in [-0.25, -0.2) is 8.42 Å². The molecule has 2 unspecified atom stereocenters. The van der Waals surface area contributed by atoms with Gasteiger partial charge in [-0.15, -0.1) is 0 Å². The second kappa shape index (κ2) is 7.13. The average Bonchev–Trinajstić information content (AvgIpc) is 2.87. The molecule has 3 rings (SSSR count). The summed E-state index contributed by atoms with van der Waals surface area (Å²) < 4.78 is 29.7. The molecule has 0 aliphatic carbocycles. The molecule has 0 N–H and O–H groups in total. The minimum Gasteiger partial charge on any atom is -0.495 e. The van der Waals surface area contributed by atoms with E-state index in [0.29, 0.717) is 16.5 Å². The van der Waals surface area contributed by atoms with Crippen LogP contribution in [-0.4, -0.2) is 63.0 Å². The third kappa shape index (κ3) is 3.64. The summed E-state index contributed by atoms with van der Waals surface area (Å²) in [7, 11) is -1.64. The number of fused-ring (bicyclic) bond motifs is 1. The predicted molar refractivity (Wildman–Crippen MR) is 98.2 cm³/mol.